The summed E-state index contributed by atoms with van der Waals surface area (Å²) in [5.41, 5.74) is 0.220. The summed E-state index contributed by atoms with van der Waals surface area (Å²) in [6.07, 6.45) is 9.93. The van der Waals surface area contributed by atoms with E-state index in [0.29, 0.717) is 0 Å². The van der Waals surface area contributed by atoms with Gasteiger partial charge < -0.3 is 20.6 Å². The van der Waals surface area contributed by atoms with Crippen molar-refractivity contribution in [3.8, 4) is 0 Å². The molecule has 0 aromatic heterocycles. The van der Waals surface area contributed by atoms with Crippen LogP contribution in [0.4, 0.5) is 0 Å². The molecule has 5 nitrogen and oxygen atoms in total. The molecule has 1 saturated carbocycles. The van der Waals surface area contributed by atoms with Gasteiger partial charge in [0.05, 0.1) is 0 Å². The Morgan fingerprint density at radius 1 is 1.19 bits per heavy atom. The number of halogens is 1. The topological polar surface area (TPSA) is 59.9 Å². The molecule has 1 unspecified atom stereocenters. The lowest BCUT2D eigenvalue weighted by Gasteiger charge is -2.36. The Hall–Kier alpha value is -0.0800. The third-order valence-corrected chi connectivity index (χ3v) is 5.93. The Bertz CT molecular complexity index is 394. The second-order valence-electron chi connectivity index (χ2n) is 8.20. The Balaban J connectivity index is 0.00000338. The number of likely N-dealkylation sites (tertiary alicyclic amines) is 1. The van der Waals surface area contributed by atoms with Crippen LogP contribution in [0.15, 0.2) is 4.99 Å². The number of rotatable bonds is 8. The van der Waals surface area contributed by atoms with Gasteiger partial charge in [-0.25, -0.2) is 0 Å². The van der Waals surface area contributed by atoms with E-state index >= 15 is 0 Å². The van der Waals surface area contributed by atoms with Crippen LogP contribution in [0.3, 0.4) is 0 Å². The van der Waals surface area contributed by atoms with E-state index < -0.39 is 0 Å². The minimum Gasteiger partial charge on any atom is -0.396 e. The van der Waals surface area contributed by atoms with E-state index in [9.17, 15) is 5.11 Å². The molecule has 3 N–H and O–H groups in total. The molecule has 1 saturated heterocycles. The van der Waals surface area contributed by atoms with Gasteiger partial charge in [0.2, 0.25) is 0 Å². The van der Waals surface area contributed by atoms with Crippen molar-refractivity contribution < 1.29 is 5.11 Å². The van der Waals surface area contributed by atoms with Crippen LogP contribution in [-0.4, -0.2) is 61.8 Å². The number of hydrogen-bond donors (Lipinski definition) is 3. The zero-order valence-electron chi connectivity index (χ0n) is 16.9. The fraction of sp³-hybridized carbons (Fsp3) is 0.950. The summed E-state index contributed by atoms with van der Waals surface area (Å²) in [7, 11) is 0. The zero-order chi connectivity index (χ0) is 18.0. The molecule has 0 spiro atoms. The van der Waals surface area contributed by atoms with Gasteiger partial charge in [-0.1, -0.05) is 26.2 Å². The highest BCUT2D eigenvalue weighted by Crippen LogP contribution is 2.39. The van der Waals surface area contributed by atoms with Crippen LogP contribution >= 0.6 is 24.0 Å². The minimum absolute atomic E-state index is 0. The number of hydrogen-bond acceptors (Lipinski definition) is 3. The second kappa shape index (κ2) is 13.2. The molecule has 2 fully saturated rings. The summed E-state index contributed by atoms with van der Waals surface area (Å²) in [6, 6.07) is 0. The maximum absolute atomic E-state index is 9.47. The number of nitrogens with one attached hydrogen (secondary N) is 2. The third kappa shape index (κ3) is 8.30. The lowest BCUT2D eigenvalue weighted by Crippen LogP contribution is -2.44. The summed E-state index contributed by atoms with van der Waals surface area (Å²) in [5.74, 6) is 1.77. The number of nitrogens with zero attached hydrogens (tertiary/aromatic N) is 2. The molecule has 1 heterocycles. The molecule has 0 bridgehead atoms. The molecule has 0 amide bonds. The van der Waals surface area contributed by atoms with Gasteiger partial charge in [0.15, 0.2) is 5.96 Å². The standard InChI is InChI=1S/C20H40N4O.HI/c1-3-21-19(22-12-14-24-13-7-8-18(2)16-24)23-17-20(11-15-25)9-5-4-6-10-20;/h18,25H,3-17H2,1-2H3,(H2,21,22,23);1H. The largest absolute Gasteiger partial charge is 0.396 e. The molecule has 1 atom stereocenters. The fourth-order valence-electron chi connectivity index (χ4n) is 4.44. The SMILES string of the molecule is CCNC(=NCC1(CCO)CCCCC1)NCCN1CCCC(C)C1.I. The smallest absolute Gasteiger partial charge is 0.191 e. The second-order valence-corrected chi connectivity index (χ2v) is 8.20. The summed E-state index contributed by atoms with van der Waals surface area (Å²) >= 11 is 0. The maximum atomic E-state index is 9.47. The number of guanidine groups is 1. The van der Waals surface area contributed by atoms with Gasteiger partial charge in [0.1, 0.15) is 0 Å². The number of aliphatic hydroxyl groups is 1. The van der Waals surface area contributed by atoms with Crippen molar-refractivity contribution in [1.29, 1.82) is 0 Å². The summed E-state index contributed by atoms with van der Waals surface area (Å²) in [4.78, 5) is 7.46. The van der Waals surface area contributed by atoms with Gasteiger partial charge in [-0.3, -0.25) is 4.99 Å². The quantitative estimate of drug-likeness (QED) is 0.284. The van der Waals surface area contributed by atoms with Crippen molar-refractivity contribution in [2.24, 2.45) is 16.3 Å². The average molecular weight is 480 g/mol. The van der Waals surface area contributed by atoms with Crippen molar-refractivity contribution in [2.45, 2.75) is 65.2 Å². The monoisotopic (exact) mass is 480 g/mol. The summed E-state index contributed by atoms with van der Waals surface area (Å²) < 4.78 is 0. The molecule has 0 aromatic rings. The van der Waals surface area contributed by atoms with E-state index in [0.717, 1.165) is 44.5 Å². The third-order valence-electron chi connectivity index (χ3n) is 5.93. The van der Waals surface area contributed by atoms with Crippen LogP contribution < -0.4 is 10.6 Å². The van der Waals surface area contributed by atoms with E-state index in [-0.39, 0.29) is 36.0 Å². The minimum atomic E-state index is 0. The van der Waals surface area contributed by atoms with E-state index in [2.05, 4.69) is 29.4 Å². The number of piperidine rings is 1. The Labute approximate surface area is 177 Å². The first-order valence-electron chi connectivity index (χ1n) is 10.5. The first kappa shape index (κ1) is 24.0. The van der Waals surface area contributed by atoms with E-state index in [1.165, 1.54) is 58.0 Å². The van der Waals surface area contributed by atoms with Gasteiger partial charge in [-0.2, -0.15) is 0 Å². The molecule has 0 aromatic carbocycles. The van der Waals surface area contributed by atoms with Crippen molar-refractivity contribution in [3.05, 3.63) is 0 Å². The first-order valence-corrected chi connectivity index (χ1v) is 10.5. The molecule has 2 rings (SSSR count). The molecule has 2 aliphatic rings. The first-order chi connectivity index (χ1) is 12.2. The van der Waals surface area contributed by atoms with Crippen molar-refractivity contribution in [1.82, 2.24) is 15.5 Å². The lowest BCUT2D eigenvalue weighted by molar-refractivity contribution is 0.137. The van der Waals surface area contributed by atoms with Gasteiger partial charge in [-0.05, 0) is 56.9 Å². The zero-order valence-corrected chi connectivity index (χ0v) is 19.3. The Morgan fingerprint density at radius 2 is 1.96 bits per heavy atom. The predicted octanol–water partition coefficient (Wildman–Crippen LogP) is 3.22. The van der Waals surface area contributed by atoms with Crippen LogP contribution in [0, 0.1) is 11.3 Å². The molecule has 154 valence electrons. The molecular formula is C20H41IN4O. The molecule has 0 radical (unpaired) electrons. The summed E-state index contributed by atoms with van der Waals surface area (Å²) in [5, 5.41) is 16.4. The van der Waals surface area contributed by atoms with Crippen LogP contribution in [0.5, 0.6) is 0 Å². The average Bonchev–Trinajstić information content (AvgIpc) is 2.61. The molecular weight excluding hydrogens is 439 g/mol. The van der Waals surface area contributed by atoms with E-state index in [1.54, 1.807) is 0 Å². The molecule has 1 aliphatic carbocycles. The highest BCUT2D eigenvalue weighted by molar-refractivity contribution is 14.0. The van der Waals surface area contributed by atoms with Gasteiger partial charge in [0.25, 0.3) is 0 Å². The maximum Gasteiger partial charge on any atom is 0.191 e. The molecule has 26 heavy (non-hydrogen) atoms. The Morgan fingerprint density at radius 3 is 2.62 bits per heavy atom. The van der Waals surface area contributed by atoms with Crippen molar-refractivity contribution in [3.63, 3.8) is 0 Å². The van der Waals surface area contributed by atoms with Crippen LogP contribution in [0.25, 0.3) is 0 Å². The van der Waals surface area contributed by atoms with Crippen LogP contribution in [0.2, 0.25) is 0 Å². The highest BCUT2D eigenvalue weighted by Gasteiger charge is 2.31. The van der Waals surface area contributed by atoms with Crippen LogP contribution in [0.1, 0.15) is 65.2 Å². The molecule has 6 heteroatoms. The normalized spacial score (nSPS) is 24.0. The van der Waals surface area contributed by atoms with Crippen molar-refractivity contribution in [2.75, 3.05) is 45.9 Å². The predicted molar refractivity (Wildman–Crippen MR) is 121 cm³/mol. The van der Waals surface area contributed by atoms with Gasteiger partial charge in [-0.15, -0.1) is 24.0 Å². The van der Waals surface area contributed by atoms with Crippen LogP contribution in [-0.2, 0) is 0 Å². The lowest BCUT2D eigenvalue weighted by atomic mass is 9.72. The van der Waals surface area contributed by atoms with Crippen molar-refractivity contribution >= 4 is 29.9 Å². The summed E-state index contributed by atoms with van der Waals surface area (Å²) in [6.45, 7) is 11.0. The fourth-order valence-corrected chi connectivity index (χ4v) is 4.44. The Kier molecular flexibility index (Phi) is 12.1. The van der Waals surface area contributed by atoms with Gasteiger partial charge in [0, 0.05) is 39.3 Å². The number of aliphatic imine (C=N–C) groups is 1. The van der Waals surface area contributed by atoms with Gasteiger partial charge >= 0.3 is 0 Å². The van der Waals surface area contributed by atoms with E-state index in [4.69, 9.17) is 4.99 Å². The highest BCUT2D eigenvalue weighted by atomic mass is 127. The molecule has 1 aliphatic heterocycles. The van der Waals surface area contributed by atoms with E-state index in [1.807, 2.05) is 0 Å². The number of aliphatic hydroxyl groups excluding tert-OH is 1.